The highest BCUT2D eigenvalue weighted by Crippen LogP contribution is 2.14. The highest BCUT2D eigenvalue weighted by molar-refractivity contribution is 5.95. The Hall–Kier alpha value is -3.10. The van der Waals surface area contributed by atoms with Gasteiger partial charge in [-0.3, -0.25) is 4.79 Å². The van der Waals surface area contributed by atoms with Gasteiger partial charge in [-0.2, -0.15) is 4.80 Å². The Morgan fingerprint density at radius 2 is 1.96 bits per heavy atom. The van der Waals surface area contributed by atoms with Gasteiger partial charge in [0.15, 0.2) is 0 Å². The van der Waals surface area contributed by atoms with E-state index in [-0.39, 0.29) is 11.9 Å². The molecule has 2 atom stereocenters. The number of carbonyl (C=O) groups is 1. The third-order valence-electron chi connectivity index (χ3n) is 4.73. The number of nitrogens with zero attached hydrogens (tertiary/aromatic N) is 4. The van der Waals surface area contributed by atoms with Crippen LogP contribution in [-0.2, 0) is 17.8 Å². The predicted molar refractivity (Wildman–Crippen MR) is 104 cm³/mol. The molecule has 3 aromatic rings. The van der Waals surface area contributed by atoms with Crippen molar-refractivity contribution in [2.75, 3.05) is 11.9 Å². The number of carbonyl (C=O) groups excluding carboxylic acids is 1. The molecule has 2 unspecified atom stereocenters. The number of benzene rings is 2. The number of tetrazole rings is 1. The maximum Gasteiger partial charge on any atom is 0.241 e. The summed E-state index contributed by atoms with van der Waals surface area (Å²) in [5, 5.41) is 28.0. The lowest BCUT2D eigenvalue weighted by molar-refractivity contribution is -0.117. The van der Waals surface area contributed by atoms with Crippen LogP contribution in [0.15, 0.2) is 54.6 Å². The van der Waals surface area contributed by atoms with E-state index in [4.69, 9.17) is 0 Å². The summed E-state index contributed by atoms with van der Waals surface area (Å²) < 4.78 is 0. The lowest BCUT2D eigenvalue weighted by atomic mass is 10.1. The molecule has 2 heterocycles. The van der Waals surface area contributed by atoms with Gasteiger partial charge in [-0.25, -0.2) is 0 Å². The average molecular weight is 378 g/mol. The number of aryl methyl sites for hydroxylation is 2. The molecule has 4 rings (SSSR count). The highest BCUT2D eigenvalue weighted by atomic mass is 16.3. The van der Waals surface area contributed by atoms with E-state index in [0.717, 1.165) is 23.2 Å². The minimum Gasteiger partial charge on any atom is -0.392 e. The number of hydrogen-bond donors (Lipinski definition) is 3. The van der Waals surface area contributed by atoms with Crippen LogP contribution in [0, 0.1) is 0 Å². The zero-order chi connectivity index (χ0) is 19.3. The molecule has 3 N–H and O–H groups in total. The monoisotopic (exact) mass is 378 g/mol. The second-order valence-electron chi connectivity index (χ2n) is 6.86. The van der Waals surface area contributed by atoms with Crippen LogP contribution in [0.1, 0.15) is 12.0 Å². The van der Waals surface area contributed by atoms with Crippen molar-refractivity contribution in [1.29, 1.82) is 0 Å². The quantitative estimate of drug-likeness (QED) is 0.596. The molecule has 0 spiro atoms. The maximum absolute atomic E-state index is 12.2. The molecule has 0 radical (unpaired) electrons. The molecule has 8 heteroatoms. The van der Waals surface area contributed by atoms with Crippen molar-refractivity contribution in [2.45, 2.75) is 31.5 Å². The minimum atomic E-state index is -0.453. The van der Waals surface area contributed by atoms with Crippen molar-refractivity contribution in [3.63, 3.8) is 0 Å². The van der Waals surface area contributed by atoms with E-state index in [1.54, 1.807) is 4.80 Å². The third kappa shape index (κ3) is 4.41. The molecule has 0 bridgehead atoms. The number of rotatable bonds is 6. The molecule has 28 heavy (non-hydrogen) atoms. The Bertz CT molecular complexity index is 925. The topological polar surface area (TPSA) is 105 Å². The number of aromatic nitrogens is 4. The van der Waals surface area contributed by atoms with Crippen LogP contribution in [-0.4, -0.2) is 49.9 Å². The molecule has 144 valence electrons. The maximum atomic E-state index is 12.2. The Kier molecular flexibility index (Phi) is 5.41. The number of aliphatic hydroxyl groups is 1. The first-order valence-corrected chi connectivity index (χ1v) is 9.32. The van der Waals surface area contributed by atoms with E-state index in [1.165, 1.54) is 0 Å². The summed E-state index contributed by atoms with van der Waals surface area (Å²) in [6, 6.07) is 17.1. The first kappa shape index (κ1) is 18.3. The van der Waals surface area contributed by atoms with Crippen molar-refractivity contribution in [3.8, 4) is 11.4 Å². The molecule has 1 aliphatic rings. The van der Waals surface area contributed by atoms with Gasteiger partial charge >= 0.3 is 0 Å². The van der Waals surface area contributed by atoms with E-state index >= 15 is 0 Å². The standard InChI is InChI=1S/C20H22N6O2/c27-17-12-18(21-13-17)20(28)22-16-8-6-14(7-9-16)10-11-26-24-19(23-25-26)15-4-2-1-3-5-15/h1-9,17-18,21,27H,10-13H2,(H,22,28). The highest BCUT2D eigenvalue weighted by Gasteiger charge is 2.27. The summed E-state index contributed by atoms with van der Waals surface area (Å²) in [4.78, 5) is 13.8. The Morgan fingerprint density at radius 3 is 2.68 bits per heavy atom. The van der Waals surface area contributed by atoms with E-state index in [1.807, 2.05) is 54.6 Å². The molecule has 8 nitrogen and oxygen atoms in total. The third-order valence-corrected chi connectivity index (χ3v) is 4.73. The van der Waals surface area contributed by atoms with Crippen LogP contribution in [0.5, 0.6) is 0 Å². The van der Waals surface area contributed by atoms with Crippen LogP contribution in [0.2, 0.25) is 0 Å². The van der Waals surface area contributed by atoms with Crippen LogP contribution in [0.4, 0.5) is 5.69 Å². The van der Waals surface area contributed by atoms with Crippen LogP contribution < -0.4 is 10.6 Å². The Morgan fingerprint density at radius 1 is 1.18 bits per heavy atom. The van der Waals surface area contributed by atoms with Crippen molar-refractivity contribution in [3.05, 3.63) is 60.2 Å². The second kappa shape index (κ2) is 8.28. The zero-order valence-electron chi connectivity index (χ0n) is 15.3. The van der Waals surface area contributed by atoms with Crippen LogP contribution in [0.25, 0.3) is 11.4 Å². The van der Waals surface area contributed by atoms with E-state index in [0.29, 0.717) is 25.3 Å². The largest absolute Gasteiger partial charge is 0.392 e. The molecule has 0 saturated carbocycles. The second-order valence-corrected chi connectivity index (χ2v) is 6.86. The lowest BCUT2D eigenvalue weighted by Crippen LogP contribution is -2.35. The first-order chi connectivity index (χ1) is 13.7. The average Bonchev–Trinajstić information content (AvgIpc) is 3.37. The van der Waals surface area contributed by atoms with Gasteiger partial charge in [0, 0.05) is 17.8 Å². The van der Waals surface area contributed by atoms with E-state index in [2.05, 4.69) is 26.0 Å². The normalized spacial score (nSPS) is 18.9. The molecular weight excluding hydrogens is 356 g/mol. The molecule has 1 amide bonds. The molecule has 1 aliphatic heterocycles. The van der Waals surface area contributed by atoms with Crippen molar-refractivity contribution < 1.29 is 9.90 Å². The van der Waals surface area contributed by atoms with Gasteiger partial charge < -0.3 is 15.7 Å². The fourth-order valence-electron chi connectivity index (χ4n) is 3.17. The summed E-state index contributed by atoms with van der Waals surface area (Å²) in [5.74, 6) is 0.494. The number of nitrogens with one attached hydrogen (secondary N) is 2. The van der Waals surface area contributed by atoms with Gasteiger partial charge in [0.2, 0.25) is 11.7 Å². The molecule has 2 aromatic carbocycles. The first-order valence-electron chi connectivity index (χ1n) is 9.32. The fourth-order valence-corrected chi connectivity index (χ4v) is 3.17. The van der Waals surface area contributed by atoms with Gasteiger partial charge in [-0.15, -0.1) is 10.2 Å². The van der Waals surface area contributed by atoms with Crippen molar-refractivity contribution >= 4 is 11.6 Å². The molecule has 1 aromatic heterocycles. The number of anilines is 1. The summed E-state index contributed by atoms with van der Waals surface area (Å²) in [6.07, 6.45) is 0.751. The summed E-state index contributed by atoms with van der Waals surface area (Å²) >= 11 is 0. The number of amides is 1. The van der Waals surface area contributed by atoms with E-state index < -0.39 is 6.10 Å². The smallest absolute Gasteiger partial charge is 0.241 e. The molecule has 0 aliphatic carbocycles. The van der Waals surface area contributed by atoms with Crippen LogP contribution in [0.3, 0.4) is 0 Å². The Balaban J connectivity index is 1.30. The lowest BCUT2D eigenvalue weighted by Gasteiger charge is -2.11. The van der Waals surface area contributed by atoms with Crippen molar-refractivity contribution in [2.24, 2.45) is 0 Å². The van der Waals surface area contributed by atoms with Gasteiger partial charge in [0.05, 0.1) is 18.7 Å². The molecule has 1 fully saturated rings. The van der Waals surface area contributed by atoms with Crippen LogP contribution >= 0.6 is 0 Å². The SMILES string of the molecule is O=C(Nc1ccc(CCn2nnc(-c3ccccc3)n2)cc1)C1CC(O)CN1. The number of β-amino-alcohol motifs (C(OH)–C–C–N with tert-alkyl or cyclic N) is 1. The van der Waals surface area contributed by atoms with Gasteiger partial charge in [0.1, 0.15) is 0 Å². The molecular formula is C20H22N6O2. The summed E-state index contributed by atoms with van der Waals surface area (Å²) in [5.41, 5.74) is 2.80. The number of aliphatic hydroxyl groups excluding tert-OH is 1. The van der Waals surface area contributed by atoms with E-state index in [9.17, 15) is 9.90 Å². The minimum absolute atomic E-state index is 0.121. The van der Waals surface area contributed by atoms with Crippen molar-refractivity contribution in [1.82, 2.24) is 25.5 Å². The summed E-state index contributed by atoms with van der Waals surface area (Å²) in [6.45, 7) is 1.08. The Labute approximate surface area is 162 Å². The van der Waals surface area contributed by atoms with Gasteiger partial charge in [-0.1, -0.05) is 42.5 Å². The molecule has 1 saturated heterocycles. The zero-order valence-corrected chi connectivity index (χ0v) is 15.3. The predicted octanol–water partition coefficient (Wildman–Crippen LogP) is 1.24. The summed E-state index contributed by atoms with van der Waals surface area (Å²) in [7, 11) is 0. The fraction of sp³-hybridized carbons (Fsp3) is 0.300. The van der Waals surface area contributed by atoms with Gasteiger partial charge in [-0.05, 0) is 35.8 Å². The number of hydrogen-bond acceptors (Lipinski definition) is 6. The van der Waals surface area contributed by atoms with Gasteiger partial charge in [0.25, 0.3) is 0 Å².